The minimum Gasteiger partial charge on any atom is -0.495 e. The molecular formula is C19H30N2O4. The monoisotopic (exact) mass is 350 g/mol. The van der Waals surface area contributed by atoms with Crippen LogP contribution in [0.25, 0.3) is 0 Å². The lowest BCUT2D eigenvalue weighted by atomic mass is 10.0. The Labute approximate surface area is 150 Å². The predicted molar refractivity (Wildman–Crippen MR) is 98.1 cm³/mol. The molecule has 0 aromatic heterocycles. The molecule has 1 amide bonds. The standard InChI is InChI=1S/C19H30N2O4/c1-6-13-11-15(23-3)18(25-5)16(17(13)24-4)19(22)20-12-14-9-8-10-21(14)7-2/h11,14H,6-10,12H2,1-5H3,(H,20,22)/t14-/m0/s1. The van der Waals surface area contributed by atoms with Gasteiger partial charge in [0.25, 0.3) is 5.91 Å². The maximum atomic E-state index is 12.9. The number of rotatable bonds is 8. The van der Waals surface area contributed by atoms with Crippen molar-refractivity contribution >= 4 is 5.91 Å². The van der Waals surface area contributed by atoms with Gasteiger partial charge < -0.3 is 19.5 Å². The van der Waals surface area contributed by atoms with Crippen molar-refractivity contribution in [1.82, 2.24) is 10.2 Å². The number of methoxy groups -OCH3 is 3. The van der Waals surface area contributed by atoms with Gasteiger partial charge in [-0.05, 0) is 44.0 Å². The van der Waals surface area contributed by atoms with Gasteiger partial charge in [0.1, 0.15) is 11.3 Å². The number of likely N-dealkylation sites (N-methyl/N-ethyl adjacent to an activating group) is 1. The first-order valence-corrected chi connectivity index (χ1v) is 8.95. The maximum absolute atomic E-state index is 12.9. The summed E-state index contributed by atoms with van der Waals surface area (Å²) in [5, 5.41) is 3.06. The Hall–Kier alpha value is -1.95. The van der Waals surface area contributed by atoms with Gasteiger partial charge in [-0.3, -0.25) is 9.69 Å². The van der Waals surface area contributed by atoms with Crippen LogP contribution >= 0.6 is 0 Å². The van der Waals surface area contributed by atoms with Crippen molar-refractivity contribution in [3.8, 4) is 17.2 Å². The number of nitrogens with one attached hydrogen (secondary N) is 1. The minimum absolute atomic E-state index is 0.190. The van der Waals surface area contributed by atoms with Gasteiger partial charge in [-0.1, -0.05) is 13.8 Å². The van der Waals surface area contributed by atoms with Gasteiger partial charge in [0.15, 0.2) is 11.5 Å². The second kappa shape index (κ2) is 8.94. The molecule has 1 aliphatic heterocycles. The van der Waals surface area contributed by atoms with Crippen LogP contribution in [0.1, 0.15) is 42.6 Å². The van der Waals surface area contributed by atoms with Crippen LogP contribution in [0.5, 0.6) is 17.2 Å². The second-order valence-corrected chi connectivity index (χ2v) is 6.17. The second-order valence-electron chi connectivity index (χ2n) is 6.17. The van der Waals surface area contributed by atoms with Gasteiger partial charge in [0.05, 0.1) is 21.3 Å². The Balaban J connectivity index is 2.30. The Morgan fingerprint density at radius 2 is 1.92 bits per heavy atom. The van der Waals surface area contributed by atoms with Gasteiger partial charge in [-0.25, -0.2) is 0 Å². The van der Waals surface area contributed by atoms with E-state index in [4.69, 9.17) is 14.2 Å². The summed E-state index contributed by atoms with van der Waals surface area (Å²) in [7, 11) is 4.69. The average Bonchev–Trinajstić information content (AvgIpc) is 3.11. The van der Waals surface area contributed by atoms with E-state index in [0.717, 1.165) is 31.5 Å². The van der Waals surface area contributed by atoms with Crippen LogP contribution in [0, 0.1) is 0 Å². The van der Waals surface area contributed by atoms with Crippen molar-refractivity contribution in [3.05, 3.63) is 17.2 Å². The highest BCUT2D eigenvalue weighted by atomic mass is 16.5. The minimum atomic E-state index is -0.190. The van der Waals surface area contributed by atoms with E-state index in [9.17, 15) is 4.79 Å². The zero-order valence-electron chi connectivity index (χ0n) is 16.0. The molecule has 25 heavy (non-hydrogen) atoms. The fourth-order valence-electron chi connectivity index (χ4n) is 3.57. The largest absolute Gasteiger partial charge is 0.495 e. The van der Waals surface area contributed by atoms with Crippen LogP contribution in [0.4, 0.5) is 0 Å². The number of hydrogen-bond acceptors (Lipinski definition) is 5. The van der Waals surface area contributed by atoms with Crippen LogP contribution in [0.15, 0.2) is 6.07 Å². The Morgan fingerprint density at radius 1 is 1.20 bits per heavy atom. The van der Waals surface area contributed by atoms with Crippen LogP contribution in [0.3, 0.4) is 0 Å². The highest BCUT2D eigenvalue weighted by Crippen LogP contribution is 2.40. The van der Waals surface area contributed by atoms with Gasteiger partial charge >= 0.3 is 0 Å². The number of aryl methyl sites for hydroxylation is 1. The molecular weight excluding hydrogens is 320 g/mol. The normalized spacial score (nSPS) is 17.4. The molecule has 1 N–H and O–H groups in total. The van der Waals surface area contributed by atoms with Gasteiger partial charge in [0, 0.05) is 12.6 Å². The summed E-state index contributed by atoms with van der Waals surface area (Å²) in [6.45, 7) is 6.90. The van der Waals surface area contributed by atoms with Crippen molar-refractivity contribution in [2.75, 3.05) is 41.0 Å². The molecule has 2 rings (SSSR count). The summed E-state index contributed by atoms with van der Waals surface area (Å²) >= 11 is 0. The summed E-state index contributed by atoms with van der Waals surface area (Å²) < 4.78 is 16.4. The summed E-state index contributed by atoms with van der Waals surface area (Å²) in [5.74, 6) is 1.32. The number of carbonyl (C=O) groups is 1. The first kappa shape index (κ1) is 19.4. The summed E-state index contributed by atoms with van der Waals surface area (Å²) in [4.78, 5) is 15.3. The molecule has 0 saturated carbocycles. The molecule has 140 valence electrons. The van der Waals surface area contributed by atoms with Crippen molar-refractivity contribution < 1.29 is 19.0 Å². The van der Waals surface area contributed by atoms with Gasteiger partial charge in [-0.15, -0.1) is 0 Å². The fraction of sp³-hybridized carbons (Fsp3) is 0.632. The van der Waals surface area contributed by atoms with Crippen molar-refractivity contribution in [2.45, 2.75) is 39.2 Å². The van der Waals surface area contributed by atoms with Crippen molar-refractivity contribution in [1.29, 1.82) is 0 Å². The van der Waals surface area contributed by atoms with E-state index in [-0.39, 0.29) is 5.91 Å². The molecule has 1 atom stereocenters. The molecule has 1 aliphatic rings. The van der Waals surface area contributed by atoms with E-state index < -0.39 is 0 Å². The molecule has 0 bridgehead atoms. The van der Waals surface area contributed by atoms with Gasteiger partial charge in [0.2, 0.25) is 0 Å². The number of carbonyl (C=O) groups excluding carboxylic acids is 1. The number of benzene rings is 1. The molecule has 0 spiro atoms. The first-order valence-electron chi connectivity index (χ1n) is 8.95. The molecule has 1 aromatic rings. The van der Waals surface area contributed by atoms with Crippen LogP contribution in [-0.2, 0) is 6.42 Å². The topological polar surface area (TPSA) is 60.0 Å². The molecule has 0 unspecified atom stereocenters. The van der Waals surface area contributed by atoms with E-state index in [1.807, 2.05) is 13.0 Å². The molecule has 0 radical (unpaired) electrons. The summed E-state index contributed by atoms with van der Waals surface area (Å²) in [6.07, 6.45) is 3.02. The van der Waals surface area contributed by atoms with E-state index in [2.05, 4.69) is 17.1 Å². The molecule has 1 heterocycles. The van der Waals surface area contributed by atoms with Crippen molar-refractivity contribution in [2.24, 2.45) is 0 Å². The lowest BCUT2D eigenvalue weighted by Gasteiger charge is -2.24. The van der Waals surface area contributed by atoms with E-state index in [0.29, 0.717) is 35.4 Å². The first-order chi connectivity index (χ1) is 12.1. The number of ether oxygens (including phenoxy) is 3. The predicted octanol–water partition coefficient (Wildman–Crippen LogP) is 2.49. The van der Waals surface area contributed by atoms with Crippen LogP contribution < -0.4 is 19.5 Å². The average molecular weight is 350 g/mol. The van der Waals surface area contributed by atoms with Crippen LogP contribution in [-0.4, -0.2) is 57.8 Å². The third-order valence-electron chi connectivity index (χ3n) is 4.91. The number of hydrogen-bond donors (Lipinski definition) is 1. The highest BCUT2D eigenvalue weighted by Gasteiger charge is 2.28. The summed E-state index contributed by atoms with van der Waals surface area (Å²) in [6, 6.07) is 2.26. The SMILES string of the molecule is CCc1cc(OC)c(OC)c(C(=O)NC[C@@H]2CCCN2CC)c1OC. The smallest absolute Gasteiger partial charge is 0.259 e. The van der Waals surface area contributed by atoms with Gasteiger partial charge in [-0.2, -0.15) is 0 Å². The summed E-state index contributed by atoms with van der Waals surface area (Å²) in [5.41, 5.74) is 1.32. The maximum Gasteiger partial charge on any atom is 0.259 e. The third kappa shape index (κ3) is 4.00. The van der Waals surface area contributed by atoms with E-state index >= 15 is 0 Å². The van der Waals surface area contributed by atoms with E-state index in [1.165, 1.54) is 13.5 Å². The zero-order valence-corrected chi connectivity index (χ0v) is 16.0. The number of amides is 1. The Bertz CT molecular complexity index is 573. The number of likely N-dealkylation sites (tertiary alicyclic amines) is 1. The Kier molecular flexibility index (Phi) is 6.93. The zero-order chi connectivity index (χ0) is 18.4. The van der Waals surface area contributed by atoms with E-state index in [1.54, 1.807) is 14.2 Å². The third-order valence-corrected chi connectivity index (χ3v) is 4.91. The lowest BCUT2D eigenvalue weighted by Crippen LogP contribution is -2.40. The van der Waals surface area contributed by atoms with Crippen LogP contribution in [0.2, 0.25) is 0 Å². The fourth-order valence-corrected chi connectivity index (χ4v) is 3.57. The molecule has 6 heteroatoms. The molecule has 6 nitrogen and oxygen atoms in total. The Morgan fingerprint density at radius 3 is 2.48 bits per heavy atom. The molecule has 1 saturated heterocycles. The molecule has 1 fully saturated rings. The molecule has 0 aliphatic carbocycles. The highest BCUT2D eigenvalue weighted by molar-refractivity contribution is 6.01. The number of nitrogens with zero attached hydrogens (tertiary/aromatic N) is 1. The van der Waals surface area contributed by atoms with Crippen molar-refractivity contribution in [3.63, 3.8) is 0 Å². The quantitative estimate of drug-likeness (QED) is 0.780. The molecule has 1 aromatic carbocycles. The lowest BCUT2D eigenvalue weighted by molar-refractivity contribution is 0.0934.